The van der Waals surface area contributed by atoms with Gasteiger partial charge in [0.25, 0.3) is 0 Å². The fourth-order valence-corrected chi connectivity index (χ4v) is 5.99. The molecule has 3 rings (SSSR count). The summed E-state index contributed by atoms with van der Waals surface area (Å²) in [6.07, 6.45) is 10.5. The van der Waals surface area contributed by atoms with Crippen molar-refractivity contribution in [1.82, 2.24) is 4.90 Å². The molecule has 1 aliphatic carbocycles. The van der Waals surface area contributed by atoms with Gasteiger partial charge in [0.2, 0.25) is 11.7 Å². The third-order valence-corrected chi connectivity index (χ3v) is 8.66. The lowest BCUT2D eigenvalue weighted by Gasteiger charge is -2.40. The SMILES string of the molecule is C=CCO[C@H](C)COc1cc([C@@H](C(=O)N2CCCC[C@H]2C(=O)O[C@H](C)[C@H](C)C=C)C2CCCCC2)cc(OC)c1OC. The van der Waals surface area contributed by atoms with E-state index in [1.165, 1.54) is 6.42 Å². The normalized spacial score (nSPS) is 20.5. The van der Waals surface area contributed by atoms with Crippen LogP contribution >= 0.6 is 0 Å². The Bertz CT molecular complexity index is 1050. The number of hydrogen-bond donors (Lipinski definition) is 0. The molecule has 42 heavy (non-hydrogen) atoms. The Morgan fingerprint density at radius 2 is 1.67 bits per heavy atom. The van der Waals surface area contributed by atoms with E-state index in [9.17, 15) is 9.59 Å². The van der Waals surface area contributed by atoms with Gasteiger partial charge in [0.05, 0.1) is 32.8 Å². The van der Waals surface area contributed by atoms with Crippen LogP contribution in [0.1, 0.15) is 83.6 Å². The molecule has 0 radical (unpaired) electrons. The van der Waals surface area contributed by atoms with Crippen LogP contribution in [0, 0.1) is 11.8 Å². The Balaban J connectivity index is 1.98. The van der Waals surface area contributed by atoms with Gasteiger partial charge in [-0.2, -0.15) is 0 Å². The van der Waals surface area contributed by atoms with E-state index in [0.29, 0.717) is 43.4 Å². The number of carbonyl (C=O) groups is 2. The number of carbonyl (C=O) groups excluding carboxylic acids is 2. The molecule has 1 saturated heterocycles. The number of rotatable bonds is 15. The molecule has 1 heterocycles. The highest BCUT2D eigenvalue weighted by Gasteiger charge is 2.41. The van der Waals surface area contributed by atoms with Crippen molar-refractivity contribution in [2.24, 2.45) is 11.8 Å². The Hall–Kier alpha value is -3.00. The van der Waals surface area contributed by atoms with Gasteiger partial charge in [-0.25, -0.2) is 4.79 Å². The Labute approximate surface area is 252 Å². The highest BCUT2D eigenvalue weighted by atomic mass is 16.6. The molecule has 0 unspecified atom stereocenters. The maximum Gasteiger partial charge on any atom is 0.329 e. The van der Waals surface area contributed by atoms with Crippen molar-refractivity contribution in [1.29, 1.82) is 0 Å². The fourth-order valence-electron chi connectivity index (χ4n) is 5.99. The summed E-state index contributed by atoms with van der Waals surface area (Å²) in [4.78, 5) is 29.8. The lowest BCUT2D eigenvalue weighted by molar-refractivity contribution is -0.163. The molecular weight excluding hydrogens is 534 g/mol. The first-order valence-corrected chi connectivity index (χ1v) is 15.5. The van der Waals surface area contributed by atoms with Crippen LogP contribution in [0.15, 0.2) is 37.4 Å². The molecule has 1 aromatic carbocycles. The van der Waals surface area contributed by atoms with Crippen LogP contribution in [0.5, 0.6) is 17.2 Å². The first-order chi connectivity index (χ1) is 20.2. The molecule has 0 aromatic heterocycles. The highest BCUT2D eigenvalue weighted by molar-refractivity contribution is 5.89. The monoisotopic (exact) mass is 585 g/mol. The average molecular weight is 586 g/mol. The maximum absolute atomic E-state index is 14.6. The van der Waals surface area contributed by atoms with Crippen molar-refractivity contribution in [2.75, 3.05) is 34.0 Å². The van der Waals surface area contributed by atoms with Crippen LogP contribution in [0.3, 0.4) is 0 Å². The smallest absolute Gasteiger partial charge is 0.329 e. The van der Waals surface area contributed by atoms with Crippen LogP contribution in [0.2, 0.25) is 0 Å². The summed E-state index contributed by atoms with van der Waals surface area (Å²) in [7, 11) is 3.16. The summed E-state index contributed by atoms with van der Waals surface area (Å²) >= 11 is 0. The summed E-state index contributed by atoms with van der Waals surface area (Å²) in [5, 5.41) is 0. The lowest BCUT2D eigenvalue weighted by atomic mass is 9.75. The molecule has 1 aliphatic heterocycles. The number of nitrogens with zero attached hydrogens (tertiary/aromatic N) is 1. The first kappa shape index (κ1) is 33.5. The third kappa shape index (κ3) is 8.52. The quantitative estimate of drug-likeness (QED) is 0.172. The first-order valence-electron chi connectivity index (χ1n) is 15.5. The van der Waals surface area contributed by atoms with Gasteiger partial charge >= 0.3 is 5.97 Å². The minimum atomic E-state index is -0.601. The number of hydrogen-bond acceptors (Lipinski definition) is 7. The van der Waals surface area contributed by atoms with E-state index in [-0.39, 0.29) is 35.9 Å². The van der Waals surface area contributed by atoms with E-state index in [4.69, 9.17) is 23.7 Å². The minimum absolute atomic E-state index is 0.0201. The molecule has 8 heteroatoms. The second-order valence-electron chi connectivity index (χ2n) is 11.7. The number of methoxy groups -OCH3 is 2. The molecule has 1 saturated carbocycles. The van der Waals surface area contributed by atoms with Gasteiger partial charge in [-0.15, -0.1) is 13.2 Å². The second kappa shape index (κ2) is 16.6. The number of likely N-dealkylation sites (tertiary alicyclic amines) is 1. The molecule has 2 aliphatic rings. The summed E-state index contributed by atoms with van der Waals surface area (Å²) in [6, 6.07) is 3.20. The van der Waals surface area contributed by atoms with Crippen molar-refractivity contribution in [3.8, 4) is 17.2 Å². The molecule has 1 amide bonds. The van der Waals surface area contributed by atoms with Crippen molar-refractivity contribution < 1.29 is 33.3 Å². The van der Waals surface area contributed by atoms with Crippen LogP contribution < -0.4 is 14.2 Å². The summed E-state index contributed by atoms with van der Waals surface area (Å²) in [5.41, 5.74) is 0.811. The number of benzene rings is 1. The van der Waals surface area contributed by atoms with E-state index in [1.54, 1.807) is 31.3 Å². The minimum Gasteiger partial charge on any atom is -0.493 e. The van der Waals surface area contributed by atoms with E-state index in [2.05, 4.69) is 13.2 Å². The highest BCUT2D eigenvalue weighted by Crippen LogP contribution is 2.45. The Kier molecular flexibility index (Phi) is 13.2. The lowest BCUT2D eigenvalue weighted by Crippen LogP contribution is -2.51. The number of piperidine rings is 1. The van der Waals surface area contributed by atoms with Gasteiger partial charge in [0, 0.05) is 12.5 Å². The van der Waals surface area contributed by atoms with E-state index < -0.39 is 12.0 Å². The predicted molar refractivity (Wildman–Crippen MR) is 164 cm³/mol. The molecule has 234 valence electrons. The number of amides is 1. The topological polar surface area (TPSA) is 83.5 Å². The van der Waals surface area contributed by atoms with Gasteiger partial charge in [-0.1, -0.05) is 38.3 Å². The average Bonchev–Trinajstić information content (AvgIpc) is 3.02. The molecule has 0 spiro atoms. The van der Waals surface area contributed by atoms with Gasteiger partial charge in [-0.05, 0) is 69.6 Å². The van der Waals surface area contributed by atoms with E-state index in [0.717, 1.165) is 44.1 Å². The number of ether oxygens (including phenoxy) is 5. The predicted octanol–water partition coefficient (Wildman–Crippen LogP) is 6.47. The zero-order chi connectivity index (χ0) is 30.6. The molecule has 0 bridgehead atoms. The molecule has 1 aromatic rings. The van der Waals surface area contributed by atoms with E-state index >= 15 is 0 Å². The van der Waals surface area contributed by atoms with Gasteiger partial charge in [0.1, 0.15) is 18.8 Å². The van der Waals surface area contributed by atoms with Crippen LogP contribution in [-0.2, 0) is 19.1 Å². The van der Waals surface area contributed by atoms with Crippen molar-refractivity contribution >= 4 is 11.9 Å². The van der Waals surface area contributed by atoms with Crippen LogP contribution in [0.4, 0.5) is 0 Å². The van der Waals surface area contributed by atoms with Gasteiger partial charge < -0.3 is 28.6 Å². The molecule has 0 N–H and O–H groups in total. The zero-order valence-corrected chi connectivity index (χ0v) is 26.3. The molecule has 8 nitrogen and oxygen atoms in total. The van der Waals surface area contributed by atoms with Crippen molar-refractivity contribution in [2.45, 2.75) is 96.3 Å². The summed E-state index contributed by atoms with van der Waals surface area (Å²) in [6.45, 7) is 14.5. The Morgan fingerprint density at radius 1 is 0.976 bits per heavy atom. The summed E-state index contributed by atoms with van der Waals surface area (Å²) in [5.74, 6) is 0.815. The second-order valence-corrected chi connectivity index (χ2v) is 11.7. The third-order valence-electron chi connectivity index (χ3n) is 8.66. The zero-order valence-electron chi connectivity index (χ0n) is 26.3. The molecule has 5 atom stereocenters. The number of esters is 1. The van der Waals surface area contributed by atoms with E-state index in [1.807, 2.05) is 32.9 Å². The van der Waals surface area contributed by atoms with Gasteiger partial charge in [-0.3, -0.25) is 4.79 Å². The summed E-state index contributed by atoms with van der Waals surface area (Å²) < 4.78 is 29.1. The molecule has 2 fully saturated rings. The standard InChI is InChI=1S/C34H51NO7/c1-8-19-40-24(4)22-41-30-21-27(20-29(38-6)32(30)39-7)31(26-15-11-10-12-16-26)33(36)35-18-14-13-17-28(35)34(37)42-25(5)23(3)9-2/h8-9,20-21,23-26,28,31H,1-2,10-19,22H2,3-7H3/t23-,24-,25-,28+,31+/m1/s1. The maximum atomic E-state index is 14.6. The van der Waals surface area contributed by atoms with Crippen LogP contribution in [-0.4, -0.2) is 69.0 Å². The largest absolute Gasteiger partial charge is 0.493 e. The fraction of sp³-hybridized carbons (Fsp3) is 0.647. The Morgan fingerprint density at radius 3 is 2.31 bits per heavy atom. The van der Waals surface area contributed by atoms with Crippen molar-refractivity contribution in [3.05, 3.63) is 43.0 Å². The van der Waals surface area contributed by atoms with Crippen molar-refractivity contribution in [3.63, 3.8) is 0 Å². The molecular formula is C34H51NO7. The van der Waals surface area contributed by atoms with Gasteiger partial charge in [0.15, 0.2) is 11.5 Å². The van der Waals surface area contributed by atoms with Crippen LogP contribution in [0.25, 0.3) is 0 Å².